The molecule has 0 saturated heterocycles. The van der Waals surface area contributed by atoms with Crippen LogP contribution in [-0.2, 0) is 6.18 Å². The predicted octanol–water partition coefficient (Wildman–Crippen LogP) is 3.50. The Hall–Kier alpha value is -2.62. The molecule has 3 rings (SSSR count). The lowest BCUT2D eigenvalue weighted by molar-refractivity contribution is -0.137. The van der Waals surface area contributed by atoms with E-state index in [2.05, 4.69) is 20.3 Å². The van der Waals surface area contributed by atoms with E-state index < -0.39 is 11.7 Å². The zero-order chi connectivity index (χ0) is 17.5. The van der Waals surface area contributed by atoms with Crippen molar-refractivity contribution in [1.29, 1.82) is 0 Å². The lowest BCUT2D eigenvalue weighted by Crippen LogP contribution is -2.07. The van der Waals surface area contributed by atoms with E-state index in [1.54, 1.807) is 0 Å². The summed E-state index contributed by atoms with van der Waals surface area (Å²) in [6.45, 7) is 0. The average molecular weight is 354 g/mol. The quantitative estimate of drug-likeness (QED) is 0.749. The molecular weight excluding hydrogens is 341 g/mol. The monoisotopic (exact) mass is 354 g/mol. The summed E-state index contributed by atoms with van der Waals surface area (Å²) in [6, 6.07) is 4.64. The van der Waals surface area contributed by atoms with Gasteiger partial charge in [0.2, 0.25) is 5.95 Å². The Morgan fingerprint density at radius 2 is 1.75 bits per heavy atom. The SMILES string of the molecule is CN(C)c1nc2c(Nc3ccc(C(F)(F)F)cc3)nc(N)nc2s1. The van der Waals surface area contributed by atoms with Crippen molar-refractivity contribution in [1.82, 2.24) is 15.0 Å². The second-order valence-electron chi connectivity index (χ2n) is 5.18. The molecule has 0 bridgehead atoms. The number of alkyl halides is 3. The van der Waals surface area contributed by atoms with Crippen LogP contribution in [0.1, 0.15) is 5.56 Å². The molecule has 0 aliphatic carbocycles. The third-order valence-electron chi connectivity index (χ3n) is 3.12. The zero-order valence-corrected chi connectivity index (χ0v) is 13.5. The van der Waals surface area contributed by atoms with Crippen molar-refractivity contribution in [2.24, 2.45) is 0 Å². The lowest BCUT2D eigenvalue weighted by Gasteiger charge is -2.09. The predicted molar refractivity (Wildman–Crippen MR) is 88.7 cm³/mol. The molecule has 10 heteroatoms. The number of anilines is 4. The number of hydrogen-bond donors (Lipinski definition) is 2. The van der Waals surface area contributed by atoms with Gasteiger partial charge in [-0.15, -0.1) is 0 Å². The highest BCUT2D eigenvalue weighted by molar-refractivity contribution is 7.21. The van der Waals surface area contributed by atoms with Crippen molar-refractivity contribution in [3.63, 3.8) is 0 Å². The minimum atomic E-state index is -4.37. The summed E-state index contributed by atoms with van der Waals surface area (Å²) in [5, 5.41) is 3.67. The number of hydrogen-bond acceptors (Lipinski definition) is 7. The topological polar surface area (TPSA) is 80.0 Å². The molecule has 0 radical (unpaired) electrons. The largest absolute Gasteiger partial charge is 0.416 e. The first-order valence-corrected chi connectivity index (χ1v) is 7.61. The van der Waals surface area contributed by atoms with Crippen LogP contribution in [-0.4, -0.2) is 29.0 Å². The van der Waals surface area contributed by atoms with Crippen LogP contribution < -0.4 is 16.0 Å². The number of aromatic nitrogens is 3. The third-order valence-corrected chi connectivity index (χ3v) is 4.24. The fourth-order valence-electron chi connectivity index (χ4n) is 1.99. The molecule has 126 valence electrons. The summed E-state index contributed by atoms with van der Waals surface area (Å²) in [7, 11) is 3.69. The van der Waals surface area contributed by atoms with Gasteiger partial charge in [0.05, 0.1) is 5.56 Å². The van der Waals surface area contributed by atoms with Gasteiger partial charge in [-0.3, -0.25) is 0 Å². The molecule has 0 atom stereocenters. The molecule has 0 aliphatic heterocycles. The van der Waals surface area contributed by atoms with Gasteiger partial charge in [-0.05, 0) is 24.3 Å². The minimum Gasteiger partial charge on any atom is -0.368 e. The second-order valence-corrected chi connectivity index (χ2v) is 6.13. The van der Waals surface area contributed by atoms with Gasteiger partial charge in [0.25, 0.3) is 0 Å². The summed E-state index contributed by atoms with van der Waals surface area (Å²) in [5.74, 6) is 0.410. The molecule has 1 aromatic carbocycles. The normalized spacial score (nSPS) is 11.7. The maximum atomic E-state index is 12.6. The fourth-order valence-corrected chi connectivity index (χ4v) is 2.86. The summed E-state index contributed by atoms with van der Waals surface area (Å²) < 4.78 is 37.8. The van der Waals surface area contributed by atoms with Crippen molar-refractivity contribution < 1.29 is 13.2 Å². The molecule has 2 aromatic heterocycles. The Kier molecular flexibility index (Phi) is 3.91. The first-order valence-electron chi connectivity index (χ1n) is 6.79. The molecule has 24 heavy (non-hydrogen) atoms. The number of nitrogens with zero attached hydrogens (tertiary/aromatic N) is 4. The highest BCUT2D eigenvalue weighted by Crippen LogP contribution is 2.33. The van der Waals surface area contributed by atoms with Crippen LogP contribution in [0.25, 0.3) is 10.3 Å². The second kappa shape index (κ2) is 5.78. The first-order chi connectivity index (χ1) is 11.2. The van der Waals surface area contributed by atoms with Crippen LogP contribution in [0.3, 0.4) is 0 Å². The molecule has 2 heterocycles. The lowest BCUT2D eigenvalue weighted by atomic mass is 10.2. The number of rotatable bonds is 3. The zero-order valence-electron chi connectivity index (χ0n) is 12.7. The van der Waals surface area contributed by atoms with Crippen molar-refractivity contribution in [2.45, 2.75) is 6.18 Å². The molecule has 0 amide bonds. The Balaban J connectivity index is 1.97. The van der Waals surface area contributed by atoms with Crippen LogP contribution in [0.5, 0.6) is 0 Å². The highest BCUT2D eigenvalue weighted by atomic mass is 32.1. The van der Waals surface area contributed by atoms with E-state index in [0.717, 1.165) is 17.3 Å². The van der Waals surface area contributed by atoms with Crippen molar-refractivity contribution in [3.8, 4) is 0 Å². The van der Waals surface area contributed by atoms with Gasteiger partial charge in [0, 0.05) is 19.8 Å². The van der Waals surface area contributed by atoms with Gasteiger partial charge in [-0.2, -0.15) is 18.2 Å². The molecular formula is C14H13F3N6S. The standard InChI is InChI=1S/C14H13F3N6S/c1-23(2)13-20-9-10(21-12(18)22-11(9)24-13)19-8-5-3-7(4-6-8)14(15,16)17/h3-6H,1-2H3,(H3,18,19,21,22). The van der Waals surface area contributed by atoms with E-state index in [1.807, 2.05) is 19.0 Å². The van der Waals surface area contributed by atoms with E-state index in [4.69, 9.17) is 5.73 Å². The van der Waals surface area contributed by atoms with Crippen molar-refractivity contribution in [2.75, 3.05) is 30.0 Å². The maximum absolute atomic E-state index is 12.6. The van der Waals surface area contributed by atoms with Crippen LogP contribution in [0, 0.1) is 0 Å². The van der Waals surface area contributed by atoms with Crippen LogP contribution in [0.15, 0.2) is 24.3 Å². The summed E-state index contributed by atoms with van der Waals surface area (Å²) >= 11 is 1.35. The molecule has 0 fully saturated rings. The molecule has 3 aromatic rings. The number of fused-ring (bicyclic) bond motifs is 1. The Bertz CT molecular complexity index is 873. The minimum absolute atomic E-state index is 0.0610. The van der Waals surface area contributed by atoms with E-state index in [-0.39, 0.29) is 5.95 Å². The Morgan fingerprint density at radius 1 is 1.08 bits per heavy atom. The van der Waals surface area contributed by atoms with E-state index in [0.29, 0.717) is 21.9 Å². The number of nitrogens with one attached hydrogen (secondary N) is 1. The van der Waals surface area contributed by atoms with Gasteiger partial charge in [-0.25, -0.2) is 9.97 Å². The van der Waals surface area contributed by atoms with Gasteiger partial charge in [0.15, 0.2) is 15.8 Å². The average Bonchev–Trinajstić information content (AvgIpc) is 2.91. The Labute approximate surface area is 139 Å². The molecule has 0 aliphatic rings. The fraction of sp³-hybridized carbons (Fsp3) is 0.214. The molecule has 0 saturated carbocycles. The smallest absolute Gasteiger partial charge is 0.368 e. The number of nitrogen functional groups attached to an aromatic ring is 1. The molecule has 0 spiro atoms. The molecule has 6 nitrogen and oxygen atoms in total. The van der Waals surface area contributed by atoms with Crippen molar-refractivity contribution in [3.05, 3.63) is 29.8 Å². The third kappa shape index (κ3) is 3.18. The first kappa shape index (κ1) is 16.2. The number of benzene rings is 1. The van der Waals surface area contributed by atoms with Crippen LogP contribution >= 0.6 is 11.3 Å². The van der Waals surface area contributed by atoms with Crippen LogP contribution in [0.2, 0.25) is 0 Å². The van der Waals surface area contributed by atoms with Gasteiger partial charge in [0.1, 0.15) is 5.52 Å². The van der Waals surface area contributed by atoms with E-state index in [1.165, 1.54) is 23.5 Å². The van der Waals surface area contributed by atoms with Gasteiger partial charge < -0.3 is 16.0 Å². The van der Waals surface area contributed by atoms with Crippen molar-refractivity contribution >= 4 is 44.3 Å². The number of nitrogens with two attached hydrogens (primary N) is 1. The summed E-state index contributed by atoms with van der Waals surface area (Å²) in [4.78, 5) is 15.1. The number of halogens is 3. The Morgan fingerprint density at radius 3 is 2.33 bits per heavy atom. The maximum Gasteiger partial charge on any atom is 0.416 e. The van der Waals surface area contributed by atoms with Crippen LogP contribution in [0.4, 0.5) is 35.8 Å². The molecule has 0 unspecified atom stereocenters. The number of thiazole rings is 1. The summed E-state index contributed by atoms with van der Waals surface area (Å²) in [5.41, 5.74) is 5.94. The summed E-state index contributed by atoms with van der Waals surface area (Å²) in [6.07, 6.45) is -4.37. The highest BCUT2D eigenvalue weighted by Gasteiger charge is 2.30. The van der Waals surface area contributed by atoms with Gasteiger partial charge >= 0.3 is 6.18 Å². The van der Waals surface area contributed by atoms with Gasteiger partial charge in [-0.1, -0.05) is 11.3 Å². The van der Waals surface area contributed by atoms with E-state index in [9.17, 15) is 13.2 Å². The van der Waals surface area contributed by atoms with E-state index >= 15 is 0 Å². The molecule has 3 N–H and O–H groups in total.